The Hall–Kier alpha value is -0.640. The Balaban J connectivity index is 1.84. The summed E-state index contributed by atoms with van der Waals surface area (Å²) in [4.78, 5) is 0. The standard InChI is InChI=1S/C18H34O16/c19-1-7-11(25)13(27)15(29)17(33-7)31-3-5(21)9(23)10(24)6(22)4-32-18-16(30)14(28)12(26)8(2-20)34-18/h5-30H,1-4H2/t5-,6-,7-,8-,9-,10-,11-,12-,13+,14+,15-,16-,17?,18?/m1/s1. The lowest BCUT2D eigenvalue weighted by Gasteiger charge is -2.40. The van der Waals surface area contributed by atoms with Crippen molar-refractivity contribution in [3.8, 4) is 0 Å². The second-order valence-electron chi connectivity index (χ2n) is 8.18. The summed E-state index contributed by atoms with van der Waals surface area (Å²) in [6, 6.07) is 0. The Morgan fingerprint density at radius 2 is 0.853 bits per heavy atom. The Kier molecular flexibility index (Phi) is 11.4. The van der Waals surface area contributed by atoms with Gasteiger partial charge < -0.3 is 80.2 Å². The first kappa shape index (κ1) is 29.6. The smallest absolute Gasteiger partial charge is 0.186 e. The van der Waals surface area contributed by atoms with Crippen molar-refractivity contribution in [1.82, 2.24) is 0 Å². The van der Waals surface area contributed by atoms with E-state index in [1.54, 1.807) is 0 Å². The first-order valence-electron chi connectivity index (χ1n) is 10.5. The molecule has 0 spiro atoms. The van der Waals surface area contributed by atoms with Gasteiger partial charge in [0.25, 0.3) is 0 Å². The zero-order chi connectivity index (χ0) is 25.7. The minimum Gasteiger partial charge on any atom is -0.394 e. The summed E-state index contributed by atoms with van der Waals surface area (Å²) in [6.45, 7) is -2.98. The molecule has 0 aromatic carbocycles. The predicted octanol–water partition coefficient (Wildman–Crippen LogP) is -7.94. The molecule has 202 valence electrons. The van der Waals surface area contributed by atoms with Gasteiger partial charge in [0, 0.05) is 0 Å². The highest BCUT2D eigenvalue weighted by Crippen LogP contribution is 2.24. The van der Waals surface area contributed by atoms with Crippen LogP contribution in [0.4, 0.5) is 0 Å². The van der Waals surface area contributed by atoms with Crippen LogP contribution in [-0.2, 0) is 18.9 Å². The van der Waals surface area contributed by atoms with E-state index in [0.29, 0.717) is 0 Å². The van der Waals surface area contributed by atoms with Gasteiger partial charge >= 0.3 is 0 Å². The van der Waals surface area contributed by atoms with Crippen molar-refractivity contribution in [2.75, 3.05) is 26.4 Å². The molecular formula is C18H34O16. The summed E-state index contributed by atoms with van der Waals surface area (Å²) < 4.78 is 20.3. The maximum atomic E-state index is 10.1. The summed E-state index contributed by atoms with van der Waals surface area (Å²) in [5, 5.41) is 117. The molecule has 2 saturated heterocycles. The quantitative estimate of drug-likeness (QED) is 0.124. The van der Waals surface area contributed by atoms with Gasteiger partial charge in [-0.3, -0.25) is 0 Å². The maximum absolute atomic E-state index is 10.1. The molecule has 16 nitrogen and oxygen atoms in total. The Morgan fingerprint density at radius 3 is 1.15 bits per heavy atom. The predicted molar refractivity (Wildman–Crippen MR) is 103 cm³/mol. The van der Waals surface area contributed by atoms with E-state index in [2.05, 4.69) is 0 Å². The van der Waals surface area contributed by atoms with Crippen LogP contribution in [0.1, 0.15) is 0 Å². The summed E-state index contributed by atoms with van der Waals surface area (Å²) >= 11 is 0. The molecule has 16 heteroatoms. The molecule has 0 amide bonds. The molecule has 0 aromatic rings. The van der Waals surface area contributed by atoms with Crippen molar-refractivity contribution in [3.63, 3.8) is 0 Å². The number of ether oxygens (including phenoxy) is 4. The second-order valence-corrected chi connectivity index (χ2v) is 8.18. The summed E-state index contributed by atoms with van der Waals surface area (Å²) in [7, 11) is 0. The molecule has 0 aromatic heterocycles. The van der Waals surface area contributed by atoms with Crippen molar-refractivity contribution >= 4 is 0 Å². The number of aliphatic hydroxyl groups is 12. The molecule has 0 aliphatic carbocycles. The molecule has 0 radical (unpaired) electrons. The van der Waals surface area contributed by atoms with Gasteiger partial charge in [-0.15, -0.1) is 0 Å². The molecule has 34 heavy (non-hydrogen) atoms. The molecule has 2 aliphatic rings. The van der Waals surface area contributed by atoms with Crippen LogP contribution in [-0.4, -0.2) is 174 Å². The highest BCUT2D eigenvalue weighted by molar-refractivity contribution is 4.90. The van der Waals surface area contributed by atoms with Crippen molar-refractivity contribution in [2.45, 2.75) is 85.8 Å². The minimum absolute atomic E-state index is 0.713. The molecule has 2 heterocycles. The maximum Gasteiger partial charge on any atom is 0.186 e. The van der Waals surface area contributed by atoms with Crippen LogP contribution < -0.4 is 0 Å². The second kappa shape index (κ2) is 13.1. The van der Waals surface area contributed by atoms with Crippen molar-refractivity contribution < 1.29 is 80.2 Å². The van der Waals surface area contributed by atoms with Gasteiger partial charge in [-0.25, -0.2) is 0 Å². The molecule has 12 N–H and O–H groups in total. The first-order valence-corrected chi connectivity index (χ1v) is 10.5. The van der Waals surface area contributed by atoms with Crippen molar-refractivity contribution in [1.29, 1.82) is 0 Å². The summed E-state index contributed by atoms with van der Waals surface area (Å²) in [5.41, 5.74) is 0. The van der Waals surface area contributed by atoms with E-state index in [1.165, 1.54) is 0 Å². The summed E-state index contributed by atoms with van der Waals surface area (Å²) in [6.07, 6.45) is -23.8. The van der Waals surface area contributed by atoms with Crippen LogP contribution in [0, 0.1) is 0 Å². The number of rotatable bonds is 11. The third kappa shape index (κ3) is 6.77. The minimum atomic E-state index is -2.03. The number of hydrogen-bond acceptors (Lipinski definition) is 16. The average Bonchev–Trinajstić information content (AvgIpc) is 2.83. The highest BCUT2D eigenvalue weighted by atomic mass is 16.7. The topological polar surface area (TPSA) is 280 Å². The molecule has 2 aliphatic heterocycles. The van der Waals surface area contributed by atoms with Crippen LogP contribution >= 0.6 is 0 Å². The van der Waals surface area contributed by atoms with Gasteiger partial charge in [0.05, 0.1) is 26.4 Å². The monoisotopic (exact) mass is 506 g/mol. The van der Waals surface area contributed by atoms with Crippen molar-refractivity contribution in [3.05, 3.63) is 0 Å². The fraction of sp³-hybridized carbons (Fsp3) is 1.00. The largest absolute Gasteiger partial charge is 0.394 e. The van der Waals surface area contributed by atoms with E-state index < -0.39 is 112 Å². The Labute approximate surface area is 193 Å². The van der Waals surface area contributed by atoms with Crippen LogP contribution in [0.3, 0.4) is 0 Å². The lowest BCUT2D eigenvalue weighted by atomic mass is 9.99. The third-order valence-electron chi connectivity index (χ3n) is 5.70. The number of aliphatic hydroxyl groups excluding tert-OH is 12. The zero-order valence-corrected chi connectivity index (χ0v) is 17.9. The molecule has 0 bridgehead atoms. The van der Waals surface area contributed by atoms with E-state index in [-0.39, 0.29) is 0 Å². The average molecular weight is 506 g/mol. The van der Waals surface area contributed by atoms with Gasteiger partial charge in [-0.2, -0.15) is 0 Å². The van der Waals surface area contributed by atoms with E-state index >= 15 is 0 Å². The lowest BCUT2D eigenvalue weighted by molar-refractivity contribution is -0.309. The third-order valence-corrected chi connectivity index (χ3v) is 5.70. The number of hydrogen-bond donors (Lipinski definition) is 12. The Bertz CT molecular complexity index is 544. The van der Waals surface area contributed by atoms with Crippen LogP contribution in [0.2, 0.25) is 0 Å². The molecule has 14 atom stereocenters. The normalized spacial score (nSPS) is 42.7. The highest BCUT2D eigenvalue weighted by Gasteiger charge is 2.46. The first-order chi connectivity index (χ1) is 15.9. The molecule has 2 fully saturated rings. The van der Waals surface area contributed by atoms with Gasteiger partial charge in [0.1, 0.15) is 73.2 Å². The molecule has 2 rings (SSSR count). The van der Waals surface area contributed by atoms with E-state index in [9.17, 15) is 51.1 Å². The summed E-state index contributed by atoms with van der Waals surface area (Å²) in [5.74, 6) is 0. The molecule has 0 saturated carbocycles. The lowest BCUT2D eigenvalue weighted by Crippen LogP contribution is -2.60. The fourth-order valence-electron chi connectivity index (χ4n) is 3.45. The van der Waals surface area contributed by atoms with Crippen LogP contribution in [0.25, 0.3) is 0 Å². The Morgan fingerprint density at radius 1 is 0.529 bits per heavy atom. The van der Waals surface area contributed by atoms with Crippen LogP contribution in [0.5, 0.6) is 0 Å². The van der Waals surface area contributed by atoms with E-state index in [0.717, 1.165) is 0 Å². The van der Waals surface area contributed by atoms with Crippen molar-refractivity contribution in [2.24, 2.45) is 0 Å². The van der Waals surface area contributed by atoms with E-state index in [1.807, 2.05) is 0 Å². The zero-order valence-electron chi connectivity index (χ0n) is 17.9. The van der Waals surface area contributed by atoms with E-state index in [4.69, 9.17) is 29.2 Å². The molecule has 2 unspecified atom stereocenters. The SMILES string of the molecule is OC[C@H]1OC(OC[C@@H](O)[C@@H](O)[C@H](O)[C@H](O)COC2O[C@H](CO)[C@@H](O)[C@H](O)[C@H]2O)[C@H](O)[C@@H](O)[C@@H]1O. The fourth-order valence-corrected chi connectivity index (χ4v) is 3.45. The van der Waals surface area contributed by atoms with Crippen LogP contribution in [0.15, 0.2) is 0 Å². The van der Waals surface area contributed by atoms with Gasteiger partial charge in [-0.1, -0.05) is 0 Å². The molecular weight excluding hydrogens is 472 g/mol. The van der Waals surface area contributed by atoms with Gasteiger partial charge in [-0.05, 0) is 0 Å². The van der Waals surface area contributed by atoms with Gasteiger partial charge in [0.2, 0.25) is 0 Å². The van der Waals surface area contributed by atoms with Gasteiger partial charge in [0.15, 0.2) is 12.6 Å².